The van der Waals surface area contributed by atoms with E-state index in [9.17, 15) is 10.1 Å². The summed E-state index contributed by atoms with van der Waals surface area (Å²) in [5.74, 6) is 0. The zero-order valence-corrected chi connectivity index (χ0v) is 9.38. The SMILES string of the molecule is Cc1[nH]nc(C2CCC3OC3CO2)c1[N+](=O)[O-]. The molecule has 92 valence electrons. The third-order valence-corrected chi connectivity index (χ3v) is 3.29. The molecular formula is C10H13N3O4. The summed E-state index contributed by atoms with van der Waals surface area (Å²) in [5.41, 5.74) is 0.930. The van der Waals surface area contributed by atoms with E-state index < -0.39 is 4.92 Å². The zero-order chi connectivity index (χ0) is 12.0. The second-order valence-electron chi connectivity index (χ2n) is 4.45. The van der Waals surface area contributed by atoms with Crippen molar-refractivity contribution in [3.63, 3.8) is 0 Å². The van der Waals surface area contributed by atoms with Gasteiger partial charge in [-0.25, -0.2) is 0 Å². The van der Waals surface area contributed by atoms with Crippen LogP contribution in [0.1, 0.15) is 30.3 Å². The second kappa shape index (κ2) is 3.78. The zero-order valence-electron chi connectivity index (χ0n) is 9.38. The van der Waals surface area contributed by atoms with Gasteiger partial charge < -0.3 is 9.47 Å². The average molecular weight is 239 g/mol. The van der Waals surface area contributed by atoms with Gasteiger partial charge in [-0.1, -0.05) is 0 Å². The maximum absolute atomic E-state index is 11.0. The lowest BCUT2D eigenvalue weighted by atomic mass is 10.1. The number of nitrogens with zero attached hydrogens (tertiary/aromatic N) is 2. The number of aromatic amines is 1. The molecule has 0 saturated carbocycles. The van der Waals surface area contributed by atoms with Crippen LogP contribution in [0.3, 0.4) is 0 Å². The lowest BCUT2D eigenvalue weighted by Crippen LogP contribution is -2.09. The minimum atomic E-state index is -0.403. The maximum atomic E-state index is 11.0. The summed E-state index contributed by atoms with van der Waals surface area (Å²) >= 11 is 0. The lowest BCUT2D eigenvalue weighted by molar-refractivity contribution is -0.386. The molecular weight excluding hydrogens is 226 g/mol. The van der Waals surface area contributed by atoms with Gasteiger partial charge >= 0.3 is 5.69 Å². The Morgan fingerprint density at radius 2 is 2.29 bits per heavy atom. The third kappa shape index (κ3) is 1.81. The van der Waals surface area contributed by atoms with Crippen LogP contribution in [0.2, 0.25) is 0 Å². The van der Waals surface area contributed by atoms with E-state index in [0.29, 0.717) is 24.4 Å². The van der Waals surface area contributed by atoms with Gasteiger partial charge in [0.1, 0.15) is 17.9 Å². The molecule has 2 fully saturated rings. The van der Waals surface area contributed by atoms with Gasteiger partial charge in [-0.15, -0.1) is 0 Å². The number of hydrogen-bond acceptors (Lipinski definition) is 5. The molecule has 3 unspecified atom stereocenters. The number of epoxide rings is 1. The number of aryl methyl sites for hydroxylation is 1. The number of nitro groups is 1. The van der Waals surface area contributed by atoms with Crippen LogP contribution in [-0.4, -0.2) is 33.9 Å². The summed E-state index contributed by atoms with van der Waals surface area (Å²) in [6.07, 6.45) is 1.75. The molecule has 7 heteroatoms. The summed E-state index contributed by atoms with van der Waals surface area (Å²) in [6, 6.07) is 0. The highest BCUT2D eigenvalue weighted by molar-refractivity contribution is 5.41. The van der Waals surface area contributed by atoms with Crippen molar-refractivity contribution < 1.29 is 14.4 Å². The van der Waals surface area contributed by atoms with Crippen LogP contribution in [0.25, 0.3) is 0 Å². The van der Waals surface area contributed by atoms with Crippen molar-refractivity contribution in [1.82, 2.24) is 10.2 Å². The predicted molar refractivity (Wildman–Crippen MR) is 56.6 cm³/mol. The van der Waals surface area contributed by atoms with E-state index in [-0.39, 0.29) is 24.0 Å². The van der Waals surface area contributed by atoms with Gasteiger partial charge in [0.25, 0.3) is 0 Å². The summed E-state index contributed by atoms with van der Waals surface area (Å²) < 4.78 is 11.0. The van der Waals surface area contributed by atoms with Crippen LogP contribution >= 0.6 is 0 Å². The van der Waals surface area contributed by atoms with Gasteiger partial charge in [-0.2, -0.15) is 5.10 Å². The highest BCUT2D eigenvalue weighted by atomic mass is 16.6. The van der Waals surface area contributed by atoms with Crippen LogP contribution in [-0.2, 0) is 9.47 Å². The highest BCUT2D eigenvalue weighted by Gasteiger charge is 2.43. The van der Waals surface area contributed by atoms with E-state index in [4.69, 9.17) is 9.47 Å². The van der Waals surface area contributed by atoms with E-state index in [1.165, 1.54) is 0 Å². The Hall–Kier alpha value is -1.47. The minimum absolute atomic E-state index is 0.0477. The van der Waals surface area contributed by atoms with Crippen molar-refractivity contribution in [2.45, 2.75) is 38.1 Å². The van der Waals surface area contributed by atoms with Crippen LogP contribution in [0.15, 0.2) is 0 Å². The molecule has 0 aromatic carbocycles. The summed E-state index contributed by atoms with van der Waals surface area (Å²) in [5, 5.41) is 17.6. The summed E-state index contributed by atoms with van der Waals surface area (Å²) in [7, 11) is 0. The fourth-order valence-corrected chi connectivity index (χ4v) is 2.30. The normalized spacial score (nSPS) is 31.7. The fourth-order valence-electron chi connectivity index (χ4n) is 2.30. The van der Waals surface area contributed by atoms with Crippen molar-refractivity contribution in [3.8, 4) is 0 Å². The molecule has 3 rings (SSSR count). The van der Waals surface area contributed by atoms with Gasteiger partial charge in [0.05, 0.1) is 17.6 Å². The molecule has 1 N–H and O–H groups in total. The molecule has 3 heterocycles. The smallest absolute Gasteiger partial charge is 0.315 e. The number of nitrogens with one attached hydrogen (secondary N) is 1. The Kier molecular flexibility index (Phi) is 2.37. The van der Waals surface area contributed by atoms with Crippen LogP contribution in [0, 0.1) is 17.0 Å². The van der Waals surface area contributed by atoms with Crippen molar-refractivity contribution in [2.24, 2.45) is 0 Å². The van der Waals surface area contributed by atoms with Gasteiger partial charge in [0.2, 0.25) is 0 Å². The molecule has 0 bridgehead atoms. The van der Waals surface area contributed by atoms with Crippen LogP contribution in [0.4, 0.5) is 5.69 Å². The molecule has 2 aliphatic rings. The Balaban J connectivity index is 1.85. The summed E-state index contributed by atoms with van der Waals surface area (Å²) in [4.78, 5) is 10.6. The Morgan fingerprint density at radius 1 is 1.47 bits per heavy atom. The van der Waals surface area contributed by atoms with Crippen molar-refractivity contribution >= 4 is 5.69 Å². The minimum Gasteiger partial charge on any atom is -0.369 e. The van der Waals surface area contributed by atoms with E-state index in [1.807, 2.05) is 0 Å². The molecule has 2 aliphatic heterocycles. The molecule has 1 aromatic heterocycles. The Bertz CT molecular complexity index is 446. The molecule has 0 spiro atoms. The summed E-state index contributed by atoms with van der Waals surface area (Å²) in [6.45, 7) is 2.14. The maximum Gasteiger partial charge on any atom is 0.315 e. The second-order valence-corrected chi connectivity index (χ2v) is 4.45. The number of ether oxygens (including phenoxy) is 2. The van der Waals surface area contributed by atoms with Gasteiger partial charge in [-0.05, 0) is 19.8 Å². The van der Waals surface area contributed by atoms with Crippen LogP contribution in [0.5, 0.6) is 0 Å². The monoisotopic (exact) mass is 239 g/mol. The number of aromatic nitrogens is 2. The number of hydrogen-bond donors (Lipinski definition) is 1. The van der Waals surface area contributed by atoms with Gasteiger partial charge in [0, 0.05) is 0 Å². The number of fused-ring (bicyclic) bond motifs is 1. The number of H-pyrrole nitrogens is 1. The fraction of sp³-hybridized carbons (Fsp3) is 0.700. The first-order chi connectivity index (χ1) is 8.16. The van der Waals surface area contributed by atoms with Crippen LogP contribution < -0.4 is 0 Å². The lowest BCUT2D eigenvalue weighted by Gasteiger charge is -2.12. The van der Waals surface area contributed by atoms with E-state index in [0.717, 1.165) is 6.42 Å². The molecule has 7 nitrogen and oxygen atoms in total. The molecule has 1 aromatic rings. The largest absolute Gasteiger partial charge is 0.369 e. The number of rotatable bonds is 2. The molecule has 0 radical (unpaired) electrons. The molecule has 17 heavy (non-hydrogen) atoms. The quantitative estimate of drug-likeness (QED) is 0.476. The molecule has 2 saturated heterocycles. The molecule has 0 amide bonds. The van der Waals surface area contributed by atoms with E-state index in [2.05, 4.69) is 10.2 Å². The first kappa shape index (κ1) is 10.7. The Morgan fingerprint density at radius 3 is 3.06 bits per heavy atom. The van der Waals surface area contributed by atoms with Gasteiger partial charge in [0.15, 0.2) is 5.69 Å². The first-order valence-corrected chi connectivity index (χ1v) is 5.63. The Labute approximate surface area is 97.3 Å². The average Bonchev–Trinajstić information content (AvgIpc) is 2.94. The first-order valence-electron chi connectivity index (χ1n) is 5.63. The van der Waals surface area contributed by atoms with E-state index in [1.54, 1.807) is 6.92 Å². The topological polar surface area (TPSA) is 93.6 Å². The molecule has 3 atom stereocenters. The predicted octanol–water partition coefficient (Wildman–Crippen LogP) is 1.25. The molecule has 0 aliphatic carbocycles. The highest BCUT2D eigenvalue weighted by Crippen LogP contribution is 2.39. The third-order valence-electron chi connectivity index (χ3n) is 3.29. The van der Waals surface area contributed by atoms with Crippen molar-refractivity contribution in [1.29, 1.82) is 0 Å². The standard InChI is InChI=1S/C10H13N3O4/c1-5-10(13(14)15)9(12-11-5)7-3-2-6-8(17-6)4-16-7/h6-8H,2-4H2,1H3,(H,11,12). The van der Waals surface area contributed by atoms with Crippen molar-refractivity contribution in [3.05, 3.63) is 21.5 Å². The van der Waals surface area contributed by atoms with Crippen molar-refractivity contribution in [2.75, 3.05) is 6.61 Å². The van der Waals surface area contributed by atoms with Gasteiger partial charge in [-0.3, -0.25) is 15.2 Å². The van der Waals surface area contributed by atoms with E-state index >= 15 is 0 Å².